The van der Waals surface area contributed by atoms with Crippen LogP contribution >= 0.6 is 0 Å². The molecule has 3 rings (SSSR count). The van der Waals surface area contributed by atoms with Crippen LogP contribution in [0.1, 0.15) is 31.4 Å². The molecule has 0 bridgehead atoms. The van der Waals surface area contributed by atoms with E-state index in [1.54, 1.807) is 16.8 Å². The highest BCUT2D eigenvalue weighted by molar-refractivity contribution is 4.97. The summed E-state index contributed by atoms with van der Waals surface area (Å²) in [6, 6.07) is 3.41. The molecule has 22 heavy (non-hydrogen) atoms. The largest absolute Gasteiger partial charge is 0.302 e. The van der Waals surface area contributed by atoms with E-state index in [0.29, 0.717) is 5.92 Å². The molecule has 0 saturated carbocycles. The second kappa shape index (κ2) is 7.38. The van der Waals surface area contributed by atoms with Crippen molar-refractivity contribution in [2.45, 2.75) is 39.2 Å². The molecule has 0 N–H and O–H groups in total. The maximum Gasteiger partial charge on any atom is 0.266 e. The van der Waals surface area contributed by atoms with Crippen molar-refractivity contribution in [1.82, 2.24) is 19.6 Å². The van der Waals surface area contributed by atoms with Gasteiger partial charge in [0.2, 0.25) is 0 Å². The lowest BCUT2D eigenvalue weighted by Gasteiger charge is -2.40. The minimum atomic E-state index is 0.0219. The van der Waals surface area contributed by atoms with Crippen molar-refractivity contribution in [3.63, 3.8) is 0 Å². The van der Waals surface area contributed by atoms with Crippen LogP contribution in [0.3, 0.4) is 0 Å². The standard InChI is InChI=1S/C17H28N4O/c1-15-6-7-17(22)21(18-15)14-16-12-20(13-16)11-10-19-8-4-2-3-5-9-19/h6-7,16H,2-5,8-14H2,1H3. The SMILES string of the molecule is Cc1ccc(=O)n(CC2CN(CCN3CCCCCC3)C2)n1. The number of likely N-dealkylation sites (tertiary alicyclic amines) is 2. The van der Waals surface area contributed by atoms with E-state index >= 15 is 0 Å². The van der Waals surface area contributed by atoms with Gasteiger partial charge in [0.05, 0.1) is 12.2 Å². The summed E-state index contributed by atoms with van der Waals surface area (Å²) in [5, 5.41) is 4.33. The van der Waals surface area contributed by atoms with Gasteiger partial charge in [0.1, 0.15) is 0 Å². The van der Waals surface area contributed by atoms with Crippen LogP contribution in [0.2, 0.25) is 0 Å². The molecular formula is C17H28N4O. The van der Waals surface area contributed by atoms with Crippen molar-refractivity contribution in [3.8, 4) is 0 Å². The second-order valence-corrected chi connectivity index (χ2v) is 6.88. The minimum Gasteiger partial charge on any atom is -0.302 e. The van der Waals surface area contributed by atoms with E-state index in [4.69, 9.17) is 0 Å². The van der Waals surface area contributed by atoms with Gasteiger partial charge >= 0.3 is 0 Å². The first kappa shape index (κ1) is 15.7. The molecule has 2 aliphatic rings. The number of aromatic nitrogens is 2. The summed E-state index contributed by atoms with van der Waals surface area (Å²) >= 11 is 0. The minimum absolute atomic E-state index is 0.0219. The Morgan fingerprint density at radius 3 is 2.45 bits per heavy atom. The van der Waals surface area contributed by atoms with Crippen LogP contribution < -0.4 is 5.56 Å². The summed E-state index contributed by atoms with van der Waals surface area (Å²) in [7, 11) is 0. The quantitative estimate of drug-likeness (QED) is 0.824. The fraction of sp³-hybridized carbons (Fsp3) is 0.765. The first-order chi connectivity index (χ1) is 10.7. The molecule has 122 valence electrons. The third kappa shape index (κ3) is 4.17. The summed E-state index contributed by atoms with van der Waals surface area (Å²) in [6.45, 7) is 9.85. The molecule has 2 aliphatic heterocycles. The van der Waals surface area contributed by atoms with Crippen LogP contribution in [-0.4, -0.2) is 58.8 Å². The summed E-state index contributed by atoms with van der Waals surface area (Å²) in [4.78, 5) is 16.9. The van der Waals surface area contributed by atoms with Crippen LogP contribution in [0.4, 0.5) is 0 Å². The predicted octanol–water partition coefficient (Wildman–Crippen LogP) is 1.36. The van der Waals surface area contributed by atoms with E-state index in [0.717, 1.165) is 25.3 Å². The van der Waals surface area contributed by atoms with Crippen LogP contribution in [0.15, 0.2) is 16.9 Å². The molecule has 0 atom stereocenters. The molecule has 5 heteroatoms. The second-order valence-electron chi connectivity index (χ2n) is 6.88. The smallest absolute Gasteiger partial charge is 0.266 e. The van der Waals surface area contributed by atoms with Crippen molar-refractivity contribution in [3.05, 3.63) is 28.2 Å². The van der Waals surface area contributed by atoms with Gasteiger partial charge in [-0.1, -0.05) is 12.8 Å². The summed E-state index contributed by atoms with van der Waals surface area (Å²) in [5.74, 6) is 0.580. The third-order valence-electron chi connectivity index (χ3n) is 4.90. The Hall–Kier alpha value is -1.20. The topological polar surface area (TPSA) is 41.4 Å². The van der Waals surface area contributed by atoms with Gasteiger partial charge in [0, 0.05) is 38.2 Å². The van der Waals surface area contributed by atoms with Gasteiger partial charge < -0.3 is 9.80 Å². The van der Waals surface area contributed by atoms with Crippen molar-refractivity contribution in [2.24, 2.45) is 5.92 Å². The van der Waals surface area contributed by atoms with E-state index in [1.165, 1.54) is 51.9 Å². The van der Waals surface area contributed by atoms with E-state index in [9.17, 15) is 4.79 Å². The van der Waals surface area contributed by atoms with Gasteiger partial charge in [-0.3, -0.25) is 4.79 Å². The van der Waals surface area contributed by atoms with E-state index < -0.39 is 0 Å². The summed E-state index contributed by atoms with van der Waals surface area (Å²) in [5.41, 5.74) is 0.936. The Morgan fingerprint density at radius 2 is 1.73 bits per heavy atom. The highest BCUT2D eigenvalue weighted by Gasteiger charge is 2.27. The van der Waals surface area contributed by atoms with Gasteiger partial charge in [-0.05, 0) is 38.9 Å². The summed E-state index contributed by atoms with van der Waals surface area (Å²) < 4.78 is 1.63. The number of nitrogens with zero attached hydrogens (tertiary/aromatic N) is 4. The molecule has 0 radical (unpaired) electrons. The predicted molar refractivity (Wildman–Crippen MR) is 88.1 cm³/mol. The fourth-order valence-electron chi connectivity index (χ4n) is 3.54. The first-order valence-corrected chi connectivity index (χ1v) is 8.70. The number of rotatable bonds is 5. The normalized spacial score (nSPS) is 21.5. The average molecular weight is 304 g/mol. The van der Waals surface area contributed by atoms with Gasteiger partial charge in [-0.25, -0.2) is 4.68 Å². The number of hydrogen-bond donors (Lipinski definition) is 0. The molecular weight excluding hydrogens is 276 g/mol. The lowest BCUT2D eigenvalue weighted by molar-refractivity contribution is 0.0718. The first-order valence-electron chi connectivity index (χ1n) is 8.70. The van der Waals surface area contributed by atoms with E-state index in [1.807, 2.05) is 6.92 Å². The van der Waals surface area contributed by atoms with Gasteiger partial charge in [-0.2, -0.15) is 5.10 Å². The molecule has 0 aliphatic carbocycles. The lowest BCUT2D eigenvalue weighted by atomic mass is 10.0. The molecule has 0 aromatic carbocycles. The number of aryl methyl sites for hydroxylation is 1. The Balaban J connectivity index is 1.38. The molecule has 3 heterocycles. The van der Waals surface area contributed by atoms with E-state index in [-0.39, 0.29) is 5.56 Å². The molecule has 1 aromatic rings. The zero-order valence-electron chi connectivity index (χ0n) is 13.7. The molecule has 0 unspecified atom stereocenters. The Labute approximate surface area is 132 Å². The molecule has 2 fully saturated rings. The van der Waals surface area contributed by atoms with Gasteiger partial charge in [0.25, 0.3) is 5.56 Å². The summed E-state index contributed by atoms with van der Waals surface area (Å²) in [6.07, 6.45) is 5.54. The van der Waals surface area contributed by atoms with E-state index in [2.05, 4.69) is 14.9 Å². The van der Waals surface area contributed by atoms with Gasteiger partial charge in [0.15, 0.2) is 0 Å². The van der Waals surface area contributed by atoms with Crippen LogP contribution in [-0.2, 0) is 6.54 Å². The maximum absolute atomic E-state index is 11.8. The molecule has 0 spiro atoms. The highest BCUT2D eigenvalue weighted by Crippen LogP contribution is 2.17. The van der Waals surface area contributed by atoms with Gasteiger partial charge in [-0.15, -0.1) is 0 Å². The van der Waals surface area contributed by atoms with Crippen molar-refractivity contribution in [1.29, 1.82) is 0 Å². The molecule has 2 saturated heterocycles. The monoisotopic (exact) mass is 304 g/mol. The molecule has 5 nitrogen and oxygen atoms in total. The van der Waals surface area contributed by atoms with Crippen molar-refractivity contribution >= 4 is 0 Å². The fourth-order valence-corrected chi connectivity index (χ4v) is 3.54. The molecule has 0 amide bonds. The lowest BCUT2D eigenvalue weighted by Crippen LogP contribution is -2.51. The van der Waals surface area contributed by atoms with Crippen LogP contribution in [0.5, 0.6) is 0 Å². The van der Waals surface area contributed by atoms with Crippen molar-refractivity contribution < 1.29 is 0 Å². The zero-order chi connectivity index (χ0) is 15.4. The van der Waals surface area contributed by atoms with Crippen molar-refractivity contribution in [2.75, 3.05) is 39.3 Å². The Morgan fingerprint density at radius 1 is 1.05 bits per heavy atom. The maximum atomic E-state index is 11.8. The van der Waals surface area contributed by atoms with Crippen LogP contribution in [0.25, 0.3) is 0 Å². The Bertz CT molecular complexity index is 528. The Kier molecular flexibility index (Phi) is 5.26. The number of hydrogen-bond acceptors (Lipinski definition) is 4. The third-order valence-corrected chi connectivity index (χ3v) is 4.90. The zero-order valence-corrected chi connectivity index (χ0v) is 13.7. The van der Waals surface area contributed by atoms with Crippen LogP contribution in [0, 0.1) is 12.8 Å². The average Bonchev–Trinajstić information content (AvgIpc) is 2.73. The highest BCUT2D eigenvalue weighted by atomic mass is 16.1. The molecule has 1 aromatic heterocycles.